The quantitative estimate of drug-likeness (QED) is 0.292. The largest absolute Gasteiger partial charge is 0.220 e. The molecule has 0 bridgehead atoms. The van der Waals surface area contributed by atoms with Gasteiger partial charge in [-0.1, -0.05) is 109 Å². The summed E-state index contributed by atoms with van der Waals surface area (Å²) in [6.45, 7) is 0. The second kappa shape index (κ2) is 10.8. The molecule has 4 aromatic rings. The van der Waals surface area contributed by atoms with E-state index < -0.39 is 9.84 Å². The van der Waals surface area contributed by atoms with Gasteiger partial charge in [-0.3, -0.25) is 0 Å². The predicted octanol–water partition coefficient (Wildman–Crippen LogP) is 6.92. The molecule has 4 aromatic carbocycles. The minimum atomic E-state index is -3.52. The maximum Gasteiger partial charge on any atom is 0.193 e. The van der Waals surface area contributed by atoms with E-state index in [0.29, 0.717) is 0 Å². The molecular weight excluding hydrogens is 424 g/mol. The zero-order valence-corrected chi connectivity index (χ0v) is 19.2. The van der Waals surface area contributed by atoms with Gasteiger partial charge in [-0.25, -0.2) is 8.42 Å². The fourth-order valence-electron chi connectivity index (χ4n) is 3.73. The molecule has 3 heteroatoms. The van der Waals surface area contributed by atoms with Crippen molar-refractivity contribution < 1.29 is 8.42 Å². The van der Waals surface area contributed by atoms with E-state index in [9.17, 15) is 8.42 Å². The van der Waals surface area contributed by atoms with Crippen molar-refractivity contribution in [1.82, 2.24) is 0 Å². The minimum absolute atomic E-state index is 0.754. The second-order valence-electron chi connectivity index (χ2n) is 7.92. The van der Waals surface area contributed by atoms with Crippen LogP contribution in [0.15, 0.2) is 120 Å². The van der Waals surface area contributed by atoms with Crippen molar-refractivity contribution in [3.05, 3.63) is 153 Å². The molecule has 0 spiro atoms. The Morgan fingerprint density at radius 1 is 0.485 bits per heavy atom. The van der Waals surface area contributed by atoms with Crippen LogP contribution in [0, 0.1) is 0 Å². The third kappa shape index (κ3) is 6.64. The van der Waals surface area contributed by atoms with Crippen LogP contribution in [0.3, 0.4) is 0 Å². The van der Waals surface area contributed by atoms with E-state index in [-0.39, 0.29) is 0 Å². The number of hydrogen-bond donors (Lipinski definition) is 0. The van der Waals surface area contributed by atoms with Crippen LogP contribution in [-0.2, 0) is 22.7 Å². The van der Waals surface area contributed by atoms with Gasteiger partial charge in [0.2, 0.25) is 0 Å². The van der Waals surface area contributed by atoms with Gasteiger partial charge in [-0.05, 0) is 58.4 Å². The van der Waals surface area contributed by atoms with E-state index in [1.54, 1.807) is 12.2 Å². The highest BCUT2D eigenvalue weighted by Crippen LogP contribution is 2.19. The molecule has 0 aliphatic heterocycles. The summed E-state index contributed by atoms with van der Waals surface area (Å²) in [5.74, 6) is 0. The molecule has 4 rings (SSSR count). The van der Waals surface area contributed by atoms with Crippen LogP contribution in [0.2, 0.25) is 0 Å². The van der Waals surface area contributed by atoms with Gasteiger partial charge in [0.15, 0.2) is 9.84 Å². The van der Waals surface area contributed by atoms with Crippen LogP contribution in [-0.4, -0.2) is 8.42 Å². The first-order chi connectivity index (χ1) is 16.1. The van der Waals surface area contributed by atoms with Crippen molar-refractivity contribution in [3.8, 4) is 0 Å². The van der Waals surface area contributed by atoms with Crippen molar-refractivity contribution >= 4 is 22.0 Å². The fourth-order valence-corrected chi connectivity index (χ4v) is 4.49. The molecule has 0 amide bonds. The average Bonchev–Trinajstić information content (AvgIpc) is 2.84. The average molecular weight is 451 g/mol. The SMILES string of the molecule is O=S(=O)(/C=C/c1ccccc1Cc1ccccc1)/C=C/c1ccccc1Cc1ccccc1. The normalized spacial score (nSPS) is 11.9. The van der Waals surface area contributed by atoms with Gasteiger partial charge in [0.25, 0.3) is 0 Å². The monoisotopic (exact) mass is 450 g/mol. The molecule has 0 fully saturated rings. The van der Waals surface area contributed by atoms with Crippen LogP contribution >= 0.6 is 0 Å². The Morgan fingerprint density at radius 3 is 1.27 bits per heavy atom. The molecule has 0 aliphatic rings. The van der Waals surface area contributed by atoms with E-state index in [1.165, 1.54) is 21.9 Å². The lowest BCUT2D eigenvalue weighted by molar-refractivity contribution is 0.613. The smallest absolute Gasteiger partial charge is 0.193 e. The van der Waals surface area contributed by atoms with Crippen LogP contribution in [0.1, 0.15) is 33.4 Å². The van der Waals surface area contributed by atoms with E-state index in [2.05, 4.69) is 24.3 Å². The summed E-state index contributed by atoms with van der Waals surface area (Å²) >= 11 is 0. The summed E-state index contributed by atoms with van der Waals surface area (Å²) < 4.78 is 25.5. The summed E-state index contributed by atoms with van der Waals surface area (Å²) in [5.41, 5.74) is 6.37. The van der Waals surface area contributed by atoms with Crippen molar-refractivity contribution in [1.29, 1.82) is 0 Å². The maximum absolute atomic E-state index is 12.7. The molecule has 0 radical (unpaired) electrons. The second-order valence-corrected chi connectivity index (χ2v) is 9.64. The van der Waals surface area contributed by atoms with E-state index in [4.69, 9.17) is 0 Å². The molecule has 0 aliphatic carbocycles. The Bertz CT molecular complexity index is 1250. The van der Waals surface area contributed by atoms with Crippen LogP contribution in [0.4, 0.5) is 0 Å². The maximum atomic E-state index is 12.7. The zero-order valence-electron chi connectivity index (χ0n) is 18.3. The van der Waals surface area contributed by atoms with Crippen molar-refractivity contribution in [2.45, 2.75) is 12.8 Å². The number of hydrogen-bond acceptors (Lipinski definition) is 2. The first kappa shape index (κ1) is 22.5. The lowest BCUT2D eigenvalue weighted by atomic mass is 10.00. The minimum Gasteiger partial charge on any atom is -0.220 e. The highest BCUT2D eigenvalue weighted by molar-refractivity contribution is 7.97. The molecule has 164 valence electrons. The molecule has 2 nitrogen and oxygen atoms in total. The van der Waals surface area contributed by atoms with Gasteiger partial charge in [-0.15, -0.1) is 0 Å². The van der Waals surface area contributed by atoms with Crippen LogP contribution in [0.5, 0.6) is 0 Å². The lowest BCUT2D eigenvalue weighted by Crippen LogP contribution is -1.94. The molecule has 0 N–H and O–H groups in total. The highest BCUT2D eigenvalue weighted by Gasteiger charge is 2.06. The molecule has 0 heterocycles. The van der Waals surface area contributed by atoms with Gasteiger partial charge in [-0.2, -0.15) is 0 Å². The highest BCUT2D eigenvalue weighted by atomic mass is 32.2. The summed E-state index contributed by atoms with van der Waals surface area (Å²) in [6, 6.07) is 36.1. The van der Waals surface area contributed by atoms with E-state index in [0.717, 1.165) is 35.1 Å². The molecule has 0 saturated carbocycles. The number of rotatable bonds is 8. The molecule has 0 atom stereocenters. The van der Waals surface area contributed by atoms with Crippen LogP contribution < -0.4 is 0 Å². The standard InChI is InChI=1S/C30H26O2S/c31-33(32,21-19-27-15-7-9-17-29(27)23-25-11-3-1-4-12-25)22-20-28-16-8-10-18-30(28)24-26-13-5-2-6-14-26/h1-22H,23-24H2/b21-19+,22-20+. The first-order valence-corrected chi connectivity index (χ1v) is 12.5. The molecule has 0 aromatic heterocycles. The van der Waals surface area contributed by atoms with Crippen LogP contribution in [0.25, 0.3) is 12.2 Å². The van der Waals surface area contributed by atoms with Crippen molar-refractivity contribution in [3.63, 3.8) is 0 Å². The Balaban J connectivity index is 1.52. The molecular formula is C30H26O2S. The lowest BCUT2D eigenvalue weighted by Gasteiger charge is -2.07. The zero-order chi connectivity index (χ0) is 22.9. The van der Waals surface area contributed by atoms with Gasteiger partial charge >= 0.3 is 0 Å². The Morgan fingerprint density at radius 2 is 0.848 bits per heavy atom. The van der Waals surface area contributed by atoms with Crippen molar-refractivity contribution in [2.75, 3.05) is 0 Å². The number of sulfone groups is 1. The van der Waals surface area contributed by atoms with Gasteiger partial charge < -0.3 is 0 Å². The third-order valence-electron chi connectivity index (χ3n) is 5.46. The molecule has 0 unspecified atom stereocenters. The fraction of sp³-hybridized carbons (Fsp3) is 0.0667. The molecule has 33 heavy (non-hydrogen) atoms. The topological polar surface area (TPSA) is 34.1 Å². The van der Waals surface area contributed by atoms with Crippen molar-refractivity contribution in [2.24, 2.45) is 0 Å². The van der Waals surface area contributed by atoms with E-state index in [1.807, 2.05) is 84.9 Å². The summed E-state index contributed by atoms with van der Waals surface area (Å²) in [5, 5.41) is 2.57. The van der Waals surface area contributed by atoms with Gasteiger partial charge in [0, 0.05) is 10.8 Å². The Hall–Kier alpha value is -3.69. The van der Waals surface area contributed by atoms with E-state index >= 15 is 0 Å². The Labute approximate surface area is 196 Å². The first-order valence-electron chi connectivity index (χ1n) is 10.9. The number of benzene rings is 4. The summed E-state index contributed by atoms with van der Waals surface area (Å²) in [7, 11) is -3.52. The Kier molecular flexibility index (Phi) is 7.33. The predicted molar refractivity (Wildman–Crippen MR) is 138 cm³/mol. The summed E-state index contributed by atoms with van der Waals surface area (Å²) in [4.78, 5) is 0. The van der Waals surface area contributed by atoms with Gasteiger partial charge in [0.05, 0.1) is 0 Å². The van der Waals surface area contributed by atoms with Gasteiger partial charge in [0.1, 0.15) is 0 Å². The molecule has 0 saturated heterocycles. The third-order valence-corrected chi connectivity index (χ3v) is 6.49. The summed E-state index contributed by atoms with van der Waals surface area (Å²) in [6.07, 6.45) is 4.88.